The molecule has 0 unspecified atom stereocenters. The van der Waals surface area contributed by atoms with Crippen molar-refractivity contribution >= 4 is 35.3 Å². The zero-order chi connectivity index (χ0) is 26.8. The van der Waals surface area contributed by atoms with Gasteiger partial charge in [-0.1, -0.05) is 34.1 Å². The Morgan fingerprint density at radius 1 is 1.00 bits per heavy atom. The number of halogens is 1. The van der Waals surface area contributed by atoms with Crippen molar-refractivity contribution in [1.29, 1.82) is 0 Å². The second kappa shape index (κ2) is 16.1. The number of hydrogen-bond donors (Lipinski definition) is 1. The van der Waals surface area contributed by atoms with E-state index >= 15 is 0 Å². The Kier molecular flexibility index (Phi) is 13.6. The molecule has 0 aliphatic carbocycles. The molecule has 2 heterocycles. The summed E-state index contributed by atoms with van der Waals surface area (Å²) in [7, 11) is 1.67. The maximum atomic E-state index is 13.6. The van der Waals surface area contributed by atoms with Gasteiger partial charge in [0.25, 0.3) is 5.91 Å². The van der Waals surface area contributed by atoms with Crippen molar-refractivity contribution in [2.75, 3.05) is 39.8 Å². The molecule has 1 aliphatic rings. The molecule has 1 N–H and O–H groups in total. The van der Waals surface area contributed by atoms with Crippen molar-refractivity contribution < 1.29 is 9.59 Å². The summed E-state index contributed by atoms with van der Waals surface area (Å²) in [5, 5.41) is 2.72. The van der Waals surface area contributed by atoms with Crippen LogP contribution in [0.2, 0.25) is 0 Å². The van der Waals surface area contributed by atoms with Crippen molar-refractivity contribution in [3.8, 4) is 0 Å². The van der Waals surface area contributed by atoms with Crippen molar-refractivity contribution in [2.45, 2.75) is 85.6 Å². The molecule has 2 amide bonds. The lowest BCUT2D eigenvalue weighted by atomic mass is 10.1. The average molecular weight is 548 g/mol. The predicted molar refractivity (Wildman–Crippen MR) is 159 cm³/mol. The fourth-order valence-electron chi connectivity index (χ4n) is 5.06. The Morgan fingerprint density at radius 3 is 2.26 bits per heavy atom. The van der Waals surface area contributed by atoms with E-state index in [9.17, 15) is 9.59 Å². The third kappa shape index (κ3) is 9.57. The lowest BCUT2D eigenvalue weighted by Crippen LogP contribution is -2.34. The van der Waals surface area contributed by atoms with E-state index in [-0.39, 0.29) is 24.2 Å². The molecular weight excluding hydrogens is 498 g/mol. The Balaban J connectivity index is 0.00000507. The summed E-state index contributed by atoms with van der Waals surface area (Å²) in [4.78, 5) is 35.1. The summed E-state index contributed by atoms with van der Waals surface area (Å²) < 4.78 is 2.26. The minimum Gasteiger partial charge on any atom is -0.359 e. The van der Waals surface area contributed by atoms with E-state index in [0.29, 0.717) is 24.7 Å². The third-order valence-electron chi connectivity index (χ3n) is 7.47. The molecular formula is C30H50ClN5O2. The second-order valence-electron chi connectivity index (χ2n) is 11.5. The lowest BCUT2D eigenvalue weighted by Gasteiger charge is -2.26. The molecule has 0 bridgehead atoms. The van der Waals surface area contributed by atoms with Crippen molar-refractivity contribution in [1.82, 2.24) is 24.7 Å². The summed E-state index contributed by atoms with van der Waals surface area (Å²) in [5.74, 6) is 2.17. The van der Waals surface area contributed by atoms with E-state index < -0.39 is 0 Å². The monoisotopic (exact) mass is 547 g/mol. The molecule has 0 radical (unpaired) electrons. The van der Waals surface area contributed by atoms with Crippen molar-refractivity contribution in [2.24, 2.45) is 11.8 Å². The van der Waals surface area contributed by atoms with Crippen molar-refractivity contribution in [3.63, 3.8) is 0 Å². The molecule has 3 rings (SSSR count). The van der Waals surface area contributed by atoms with Crippen LogP contribution in [0.4, 0.5) is 0 Å². The minimum atomic E-state index is 0. The normalized spacial score (nSPS) is 14.2. The van der Waals surface area contributed by atoms with E-state index in [4.69, 9.17) is 4.98 Å². The standard InChI is InChI=1S/C30H49N5O2.ClH/c1-23(2)14-20-34(21-15-24(3)4)30(37)25-10-11-26-27(22-25)35(28(32-26)12-13-29(36)31-5)19-9-18-33-16-7-6-8-17-33;/h10-11,22-24H,6-9,12-21H2,1-5H3,(H,31,36);1H. The predicted octanol–water partition coefficient (Wildman–Crippen LogP) is 5.55. The summed E-state index contributed by atoms with van der Waals surface area (Å²) in [6, 6.07) is 5.94. The number of imidazole rings is 1. The highest BCUT2D eigenvalue weighted by Crippen LogP contribution is 2.22. The topological polar surface area (TPSA) is 70.5 Å². The zero-order valence-electron chi connectivity index (χ0n) is 24.3. The fourth-order valence-corrected chi connectivity index (χ4v) is 5.06. The molecule has 1 aromatic heterocycles. The maximum absolute atomic E-state index is 13.6. The molecule has 8 heteroatoms. The molecule has 0 atom stereocenters. The number of carbonyl (C=O) groups excluding carboxylic acids is 2. The van der Waals surface area contributed by atoms with Gasteiger partial charge >= 0.3 is 0 Å². The Bertz CT molecular complexity index is 1000. The molecule has 1 aliphatic heterocycles. The SMILES string of the molecule is CNC(=O)CCc1nc2ccc(C(=O)N(CCC(C)C)CCC(C)C)cc2n1CCCN1CCCCC1.Cl. The van der Waals surface area contributed by atoms with E-state index in [1.54, 1.807) is 7.05 Å². The highest BCUT2D eigenvalue weighted by atomic mass is 35.5. The highest BCUT2D eigenvalue weighted by Gasteiger charge is 2.20. The average Bonchev–Trinajstić information content (AvgIpc) is 3.23. The van der Waals surface area contributed by atoms with Crippen molar-refractivity contribution in [3.05, 3.63) is 29.6 Å². The number of carbonyl (C=O) groups is 2. The molecule has 0 spiro atoms. The quantitative estimate of drug-likeness (QED) is 0.337. The molecule has 1 fully saturated rings. The van der Waals surface area contributed by atoms with Gasteiger partial charge in [0.15, 0.2) is 0 Å². The van der Waals surface area contributed by atoms with Crippen LogP contribution in [-0.4, -0.2) is 70.9 Å². The van der Waals surface area contributed by atoms with E-state index in [0.717, 1.165) is 67.9 Å². The lowest BCUT2D eigenvalue weighted by molar-refractivity contribution is -0.120. The van der Waals surface area contributed by atoms with Crippen LogP contribution in [0.25, 0.3) is 11.0 Å². The van der Waals surface area contributed by atoms with Gasteiger partial charge in [-0.15, -0.1) is 12.4 Å². The van der Waals surface area contributed by atoms with Crippen LogP contribution in [0.3, 0.4) is 0 Å². The number of nitrogens with one attached hydrogen (secondary N) is 1. The number of aromatic nitrogens is 2. The number of aryl methyl sites for hydroxylation is 2. The van der Waals surface area contributed by atoms with Gasteiger partial charge in [0, 0.05) is 45.1 Å². The summed E-state index contributed by atoms with van der Waals surface area (Å²) >= 11 is 0. The molecule has 214 valence electrons. The largest absolute Gasteiger partial charge is 0.359 e. The van der Waals surface area contributed by atoms with Crippen LogP contribution in [0, 0.1) is 11.8 Å². The molecule has 0 saturated carbocycles. The molecule has 2 aromatic rings. The Hall–Kier alpha value is -2.12. The van der Waals surface area contributed by atoms with Gasteiger partial charge in [0.05, 0.1) is 11.0 Å². The van der Waals surface area contributed by atoms with Gasteiger partial charge in [-0.2, -0.15) is 0 Å². The number of piperidine rings is 1. The number of amides is 2. The number of benzene rings is 1. The summed E-state index contributed by atoms with van der Waals surface area (Å²) in [5.41, 5.74) is 2.64. The first-order valence-corrected chi connectivity index (χ1v) is 14.5. The van der Waals surface area contributed by atoms with Crippen LogP contribution >= 0.6 is 12.4 Å². The highest BCUT2D eigenvalue weighted by molar-refractivity contribution is 5.97. The smallest absolute Gasteiger partial charge is 0.253 e. The fraction of sp³-hybridized carbons (Fsp3) is 0.700. The molecule has 38 heavy (non-hydrogen) atoms. The van der Waals surface area contributed by atoms with Gasteiger partial charge in [0.2, 0.25) is 5.91 Å². The van der Waals surface area contributed by atoms with E-state index in [1.807, 2.05) is 23.1 Å². The Morgan fingerprint density at radius 2 is 1.66 bits per heavy atom. The molecule has 1 aromatic carbocycles. The first-order chi connectivity index (χ1) is 17.8. The molecule has 7 nitrogen and oxygen atoms in total. The zero-order valence-corrected chi connectivity index (χ0v) is 25.1. The second-order valence-corrected chi connectivity index (χ2v) is 11.5. The van der Waals surface area contributed by atoms with Crippen LogP contribution in [0.1, 0.15) is 88.8 Å². The molecule has 1 saturated heterocycles. The van der Waals surface area contributed by atoms with Gasteiger partial charge in [-0.25, -0.2) is 4.98 Å². The van der Waals surface area contributed by atoms with E-state index in [2.05, 4.69) is 42.5 Å². The van der Waals surface area contributed by atoms with Crippen LogP contribution in [0.15, 0.2) is 18.2 Å². The number of rotatable bonds is 14. The van der Waals surface area contributed by atoms with Crippen LogP contribution in [0.5, 0.6) is 0 Å². The van der Waals surface area contributed by atoms with Gasteiger partial charge in [0.1, 0.15) is 5.82 Å². The van der Waals surface area contributed by atoms with Gasteiger partial charge in [-0.3, -0.25) is 9.59 Å². The van der Waals surface area contributed by atoms with Gasteiger partial charge < -0.3 is 19.7 Å². The minimum absolute atomic E-state index is 0. The first kappa shape index (κ1) is 32.1. The Labute approximate surface area is 236 Å². The first-order valence-electron chi connectivity index (χ1n) is 14.5. The maximum Gasteiger partial charge on any atom is 0.253 e. The number of likely N-dealkylation sites (tertiary alicyclic amines) is 1. The van der Waals surface area contributed by atoms with Gasteiger partial charge in [-0.05, 0) is 81.8 Å². The van der Waals surface area contributed by atoms with Crippen LogP contribution in [-0.2, 0) is 17.8 Å². The number of nitrogens with zero attached hydrogens (tertiary/aromatic N) is 4. The van der Waals surface area contributed by atoms with E-state index in [1.165, 1.54) is 32.4 Å². The summed E-state index contributed by atoms with van der Waals surface area (Å²) in [6.45, 7) is 14.7. The third-order valence-corrected chi connectivity index (χ3v) is 7.47. The number of hydrogen-bond acceptors (Lipinski definition) is 4. The summed E-state index contributed by atoms with van der Waals surface area (Å²) in [6.07, 6.45) is 7.97. The number of fused-ring (bicyclic) bond motifs is 1. The van der Waals surface area contributed by atoms with Crippen LogP contribution < -0.4 is 5.32 Å².